The molecule has 52 valence electrons. The number of rotatable bonds is 0. The SMILES string of the molecule is Nc1nc2oc(N)cc2[nH]1. The molecule has 0 aliphatic heterocycles. The van der Waals surface area contributed by atoms with E-state index in [0.29, 0.717) is 17.5 Å². The van der Waals surface area contributed by atoms with Gasteiger partial charge in [0.25, 0.3) is 0 Å². The molecule has 0 fully saturated rings. The van der Waals surface area contributed by atoms with E-state index in [1.807, 2.05) is 0 Å². The van der Waals surface area contributed by atoms with Gasteiger partial charge in [-0.2, -0.15) is 4.98 Å². The van der Waals surface area contributed by atoms with Gasteiger partial charge >= 0.3 is 0 Å². The third-order valence-corrected chi connectivity index (χ3v) is 1.22. The van der Waals surface area contributed by atoms with Gasteiger partial charge in [0.05, 0.1) is 0 Å². The maximum Gasteiger partial charge on any atom is 0.248 e. The van der Waals surface area contributed by atoms with Gasteiger partial charge in [-0.15, -0.1) is 0 Å². The average molecular weight is 138 g/mol. The fourth-order valence-electron chi connectivity index (χ4n) is 0.848. The van der Waals surface area contributed by atoms with Crippen molar-refractivity contribution >= 4 is 23.1 Å². The zero-order valence-corrected chi connectivity index (χ0v) is 5.09. The van der Waals surface area contributed by atoms with Crippen molar-refractivity contribution in [3.05, 3.63) is 6.07 Å². The summed E-state index contributed by atoms with van der Waals surface area (Å²) in [5.41, 5.74) is 11.8. The molecule has 5 nitrogen and oxygen atoms in total. The van der Waals surface area contributed by atoms with Crippen molar-refractivity contribution in [1.29, 1.82) is 0 Å². The zero-order valence-electron chi connectivity index (χ0n) is 5.09. The zero-order chi connectivity index (χ0) is 7.14. The largest absolute Gasteiger partial charge is 0.421 e. The Morgan fingerprint density at radius 2 is 2.30 bits per heavy atom. The Balaban J connectivity index is 2.83. The van der Waals surface area contributed by atoms with Crippen LogP contribution in [0.5, 0.6) is 0 Å². The molecule has 0 aliphatic rings. The highest BCUT2D eigenvalue weighted by atomic mass is 16.4. The summed E-state index contributed by atoms with van der Waals surface area (Å²) in [5, 5.41) is 0. The lowest BCUT2D eigenvalue weighted by atomic mass is 10.5. The molecule has 0 spiro atoms. The van der Waals surface area contributed by atoms with Crippen molar-refractivity contribution in [3.63, 3.8) is 0 Å². The lowest BCUT2D eigenvalue weighted by Crippen LogP contribution is -1.85. The average Bonchev–Trinajstić information content (AvgIpc) is 2.21. The van der Waals surface area contributed by atoms with E-state index >= 15 is 0 Å². The van der Waals surface area contributed by atoms with Gasteiger partial charge in [-0.25, -0.2) is 0 Å². The standard InChI is InChI=1S/C5H6N4O/c6-3-1-2-4(10-3)9-5(7)8-2/h1H,6H2,(H3,7,8,9). The summed E-state index contributed by atoms with van der Waals surface area (Å²) in [6, 6.07) is 1.64. The van der Waals surface area contributed by atoms with E-state index in [1.54, 1.807) is 6.07 Å². The molecule has 2 aromatic rings. The van der Waals surface area contributed by atoms with Crippen LogP contribution in [0.25, 0.3) is 11.2 Å². The van der Waals surface area contributed by atoms with Crippen LogP contribution < -0.4 is 11.5 Å². The van der Waals surface area contributed by atoms with Gasteiger partial charge in [0, 0.05) is 6.07 Å². The highest BCUT2D eigenvalue weighted by Crippen LogP contribution is 2.18. The number of anilines is 2. The van der Waals surface area contributed by atoms with E-state index in [1.165, 1.54) is 0 Å². The lowest BCUT2D eigenvalue weighted by molar-refractivity contribution is 0.626. The van der Waals surface area contributed by atoms with Crippen LogP contribution in [0.4, 0.5) is 11.8 Å². The number of furan rings is 1. The maximum atomic E-state index is 5.32. The van der Waals surface area contributed by atoms with Gasteiger partial charge in [-0.3, -0.25) is 0 Å². The first kappa shape index (κ1) is 5.16. The van der Waals surface area contributed by atoms with Crippen LogP contribution in [0.2, 0.25) is 0 Å². The highest BCUT2D eigenvalue weighted by Gasteiger charge is 2.03. The Bertz CT molecular complexity index is 297. The summed E-state index contributed by atoms with van der Waals surface area (Å²) in [5.74, 6) is 0.683. The van der Waals surface area contributed by atoms with Crippen LogP contribution in [0, 0.1) is 0 Å². The number of H-pyrrole nitrogens is 1. The van der Waals surface area contributed by atoms with E-state index < -0.39 is 0 Å². The number of aromatic amines is 1. The molecule has 2 heterocycles. The predicted molar refractivity (Wildman–Crippen MR) is 37.2 cm³/mol. The van der Waals surface area contributed by atoms with Crippen molar-refractivity contribution in [3.8, 4) is 0 Å². The topological polar surface area (TPSA) is 93.9 Å². The van der Waals surface area contributed by atoms with Crippen molar-refractivity contribution < 1.29 is 4.42 Å². The molecule has 0 radical (unpaired) electrons. The first-order chi connectivity index (χ1) is 4.75. The molecular formula is C5H6N4O. The first-order valence-corrected chi connectivity index (χ1v) is 2.76. The Hall–Kier alpha value is -1.65. The highest BCUT2D eigenvalue weighted by molar-refractivity contribution is 5.74. The first-order valence-electron chi connectivity index (χ1n) is 2.76. The Kier molecular flexibility index (Phi) is 0.743. The predicted octanol–water partition coefficient (Wildman–Crippen LogP) is 0.320. The molecule has 0 saturated carbocycles. The number of hydrogen-bond donors (Lipinski definition) is 3. The summed E-state index contributed by atoms with van der Waals surface area (Å²) in [6.07, 6.45) is 0. The summed E-state index contributed by atoms with van der Waals surface area (Å²) in [6.45, 7) is 0. The van der Waals surface area contributed by atoms with E-state index in [-0.39, 0.29) is 0 Å². The van der Waals surface area contributed by atoms with Gasteiger partial charge in [-0.05, 0) is 0 Å². The van der Waals surface area contributed by atoms with E-state index in [2.05, 4.69) is 9.97 Å². The number of fused-ring (bicyclic) bond motifs is 1. The second kappa shape index (κ2) is 1.44. The normalized spacial score (nSPS) is 10.8. The Morgan fingerprint density at radius 1 is 1.50 bits per heavy atom. The fourth-order valence-corrected chi connectivity index (χ4v) is 0.848. The maximum absolute atomic E-state index is 5.32. The summed E-state index contributed by atoms with van der Waals surface area (Å²) in [7, 11) is 0. The molecule has 0 amide bonds. The number of aromatic nitrogens is 2. The van der Waals surface area contributed by atoms with E-state index in [0.717, 1.165) is 5.52 Å². The smallest absolute Gasteiger partial charge is 0.248 e. The minimum atomic E-state index is 0.341. The molecule has 5 heteroatoms. The Morgan fingerprint density at radius 3 is 3.00 bits per heavy atom. The van der Waals surface area contributed by atoms with E-state index in [9.17, 15) is 0 Å². The number of nitrogens with one attached hydrogen (secondary N) is 1. The molecule has 0 unspecified atom stereocenters. The number of hydrogen-bond acceptors (Lipinski definition) is 4. The third-order valence-electron chi connectivity index (χ3n) is 1.22. The molecule has 5 N–H and O–H groups in total. The third kappa shape index (κ3) is 0.540. The number of nitrogens with zero attached hydrogens (tertiary/aromatic N) is 1. The van der Waals surface area contributed by atoms with Crippen LogP contribution in [-0.2, 0) is 0 Å². The van der Waals surface area contributed by atoms with Crippen LogP contribution in [0.1, 0.15) is 0 Å². The molecule has 2 aromatic heterocycles. The molecule has 0 atom stereocenters. The number of nitrogen functional groups attached to an aromatic ring is 2. The van der Waals surface area contributed by atoms with E-state index in [4.69, 9.17) is 15.9 Å². The quantitative estimate of drug-likeness (QED) is 0.488. The lowest BCUT2D eigenvalue weighted by Gasteiger charge is -1.78. The molecule has 0 aliphatic carbocycles. The molecule has 0 aromatic carbocycles. The second-order valence-electron chi connectivity index (χ2n) is 1.99. The molecule has 2 rings (SSSR count). The van der Waals surface area contributed by atoms with Gasteiger partial charge in [0.1, 0.15) is 5.52 Å². The van der Waals surface area contributed by atoms with Crippen LogP contribution in [0.3, 0.4) is 0 Å². The minimum absolute atomic E-state index is 0.341. The van der Waals surface area contributed by atoms with Crippen molar-refractivity contribution in [2.45, 2.75) is 0 Å². The van der Waals surface area contributed by atoms with Crippen molar-refractivity contribution in [1.82, 2.24) is 9.97 Å². The van der Waals surface area contributed by atoms with Gasteiger partial charge in [0.15, 0.2) is 5.88 Å². The number of imidazole rings is 1. The number of nitrogens with two attached hydrogens (primary N) is 2. The molecular weight excluding hydrogens is 132 g/mol. The summed E-state index contributed by atoms with van der Waals surface area (Å²) < 4.78 is 4.94. The van der Waals surface area contributed by atoms with Gasteiger partial charge in [0.2, 0.25) is 11.7 Å². The van der Waals surface area contributed by atoms with Crippen molar-refractivity contribution in [2.24, 2.45) is 0 Å². The molecule has 0 saturated heterocycles. The van der Waals surface area contributed by atoms with Crippen LogP contribution in [-0.4, -0.2) is 9.97 Å². The van der Waals surface area contributed by atoms with Gasteiger partial charge in [-0.1, -0.05) is 0 Å². The van der Waals surface area contributed by atoms with Gasteiger partial charge < -0.3 is 20.9 Å². The summed E-state index contributed by atoms with van der Waals surface area (Å²) >= 11 is 0. The molecule has 10 heavy (non-hydrogen) atoms. The Labute approximate surface area is 56.0 Å². The second-order valence-corrected chi connectivity index (χ2v) is 1.99. The van der Waals surface area contributed by atoms with Crippen LogP contribution >= 0.6 is 0 Å². The molecule has 0 bridgehead atoms. The fraction of sp³-hybridized carbons (Fsp3) is 0. The van der Waals surface area contributed by atoms with Crippen LogP contribution in [0.15, 0.2) is 10.5 Å². The summed E-state index contributed by atoms with van der Waals surface area (Å²) in [4.78, 5) is 6.58. The minimum Gasteiger partial charge on any atom is -0.421 e. The van der Waals surface area contributed by atoms with Crippen molar-refractivity contribution in [2.75, 3.05) is 11.5 Å². The monoisotopic (exact) mass is 138 g/mol.